The van der Waals surface area contributed by atoms with E-state index in [1.165, 1.54) is 0 Å². The summed E-state index contributed by atoms with van der Waals surface area (Å²) in [5, 5.41) is 13.1. The van der Waals surface area contributed by atoms with Gasteiger partial charge in [0.15, 0.2) is 0 Å². The van der Waals surface area contributed by atoms with Gasteiger partial charge in [-0.1, -0.05) is 55.1 Å². The van der Waals surface area contributed by atoms with Crippen LogP contribution in [0.3, 0.4) is 0 Å². The molecule has 30 heavy (non-hydrogen) atoms. The summed E-state index contributed by atoms with van der Waals surface area (Å²) in [6.45, 7) is 0. The molecule has 1 aliphatic rings. The molecule has 0 aliphatic heterocycles. The number of Topliss-reactive ketones (excluding diaryl/α,β-unsaturated/α-hetero) is 1. The smallest absolute Gasteiger partial charge is 0.377 e. The van der Waals surface area contributed by atoms with Gasteiger partial charge in [0.1, 0.15) is 0 Å². The van der Waals surface area contributed by atoms with Crippen LogP contribution in [0.5, 0.6) is 0 Å². The van der Waals surface area contributed by atoms with Crippen LogP contribution < -0.4 is 5.32 Å². The lowest BCUT2D eigenvalue weighted by molar-refractivity contribution is -0.131. The monoisotopic (exact) mass is 424 g/mol. The standard InChI is InChI=1S/C23H21ClN2O4/c24-16-11-10-14(12-18(16)26-22(28)13-6-2-1-3-7-13)20-19(21(27)23(29)30)15-8-4-5-9-17(15)25-20/h4-5,8-13,25H,1-3,6-7H2,(H,26,28)(H,29,30). The van der Waals surface area contributed by atoms with Crippen LogP contribution in [0.4, 0.5) is 5.69 Å². The highest BCUT2D eigenvalue weighted by molar-refractivity contribution is 6.43. The van der Waals surface area contributed by atoms with Gasteiger partial charge in [-0.05, 0) is 31.0 Å². The summed E-state index contributed by atoms with van der Waals surface area (Å²) in [6.07, 6.45) is 4.97. The highest BCUT2D eigenvalue weighted by atomic mass is 35.5. The molecule has 7 heteroatoms. The average molecular weight is 425 g/mol. The first-order chi connectivity index (χ1) is 14.5. The van der Waals surface area contributed by atoms with Gasteiger partial charge in [0.2, 0.25) is 5.91 Å². The molecule has 4 rings (SSSR count). The van der Waals surface area contributed by atoms with Crippen LogP contribution in [0.1, 0.15) is 42.5 Å². The molecule has 0 atom stereocenters. The molecule has 0 unspecified atom stereocenters. The van der Waals surface area contributed by atoms with Gasteiger partial charge in [-0.15, -0.1) is 0 Å². The van der Waals surface area contributed by atoms with Crippen molar-refractivity contribution in [1.29, 1.82) is 0 Å². The number of benzene rings is 2. The summed E-state index contributed by atoms with van der Waals surface area (Å²) in [5.41, 5.74) is 2.13. The van der Waals surface area contributed by atoms with E-state index in [1.54, 1.807) is 42.5 Å². The van der Waals surface area contributed by atoms with E-state index in [9.17, 15) is 19.5 Å². The van der Waals surface area contributed by atoms with Crippen molar-refractivity contribution in [3.05, 3.63) is 53.1 Å². The third kappa shape index (κ3) is 3.83. The molecule has 0 bridgehead atoms. The van der Waals surface area contributed by atoms with Crippen molar-refractivity contribution in [2.75, 3.05) is 5.32 Å². The highest BCUT2D eigenvalue weighted by Gasteiger charge is 2.26. The van der Waals surface area contributed by atoms with Gasteiger partial charge in [-0.25, -0.2) is 4.79 Å². The first-order valence-electron chi connectivity index (χ1n) is 9.95. The van der Waals surface area contributed by atoms with Crippen LogP contribution in [0.25, 0.3) is 22.2 Å². The second kappa shape index (κ2) is 8.32. The number of H-pyrrole nitrogens is 1. The molecule has 6 nitrogen and oxygen atoms in total. The number of nitrogens with one attached hydrogen (secondary N) is 2. The number of hydrogen-bond acceptors (Lipinski definition) is 3. The molecule has 3 N–H and O–H groups in total. The Morgan fingerprint density at radius 3 is 2.50 bits per heavy atom. The molecule has 1 fully saturated rings. The summed E-state index contributed by atoms with van der Waals surface area (Å²) in [6, 6.07) is 12.0. The molecule has 1 aromatic heterocycles. The first kappa shape index (κ1) is 20.2. The average Bonchev–Trinajstić information content (AvgIpc) is 3.14. The number of hydrogen-bond donors (Lipinski definition) is 3. The summed E-state index contributed by atoms with van der Waals surface area (Å²) in [4.78, 5) is 39.7. The number of carbonyl (C=O) groups excluding carboxylic acids is 2. The van der Waals surface area contributed by atoms with E-state index in [0.29, 0.717) is 32.9 Å². The maximum absolute atomic E-state index is 12.7. The van der Waals surface area contributed by atoms with Gasteiger partial charge in [0.05, 0.1) is 22.0 Å². The molecule has 1 saturated carbocycles. The number of carboxylic acid groups (broad SMARTS) is 1. The number of aliphatic carboxylic acids is 1. The second-order valence-corrected chi connectivity index (χ2v) is 7.98. The van der Waals surface area contributed by atoms with E-state index < -0.39 is 11.8 Å². The van der Waals surface area contributed by atoms with Crippen molar-refractivity contribution in [3.63, 3.8) is 0 Å². The molecule has 1 amide bonds. The van der Waals surface area contributed by atoms with Gasteiger partial charge >= 0.3 is 5.97 Å². The molecule has 0 saturated heterocycles. The summed E-state index contributed by atoms with van der Waals surface area (Å²) in [5.74, 6) is -2.62. The molecule has 154 valence electrons. The zero-order valence-corrected chi connectivity index (χ0v) is 17.0. The number of aromatic amines is 1. The summed E-state index contributed by atoms with van der Waals surface area (Å²) < 4.78 is 0. The number of ketones is 1. The van der Waals surface area contributed by atoms with Crippen LogP contribution in [0.2, 0.25) is 5.02 Å². The molecular formula is C23H21ClN2O4. The minimum Gasteiger partial charge on any atom is -0.475 e. The van der Waals surface area contributed by atoms with Crippen molar-refractivity contribution >= 4 is 45.9 Å². The lowest BCUT2D eigenvalue weighted by atomic mass is 9.88. The van der Waals surface area contributed by atoms with Gasteiger partial charge in [-0.3, -0.25) is 9.59 Å². The Morgan fingerprint density at radius 2 is 1.77 bits per heavy atom. The normalized spacial score (nSPS) is 14.6. The summed E-state index contributed by atoms with van der Waals surface area (Å²) >= 11 is 6.31. The van der Waals surface area contributed by atoms with E-state index in [2.05, 4.69) is 10.3 Å². The Hall–Kier alpha value is -3.12. The van der Waals surface area contributed by atoms with Gasteiger partial charge in [0.25, 0.3) is 5.78 Å². The van der Waals surface area contributed by atoms with Crippen LogP contribution in [0.15, 0.2) is 42.5 Å². The first-order valence-corrected chi connectivity index (χ1v) is 10.3. The van der Waals surface area contributed by atoms with Crippen molar-refractivity contribution in [1.82, 2.24) is 4.98 Å². The van der Waals surface area contributed by atoms with Crippen molar-refractivity contribution in [3.8, 4) is 11.3 Å². The van der Waals surface area contributed by atoms with Gasteiger partial charge < -0.3 is 15.4 Å². The molecule has 2 aromatic carbocycles. The van der Waals surface area contributed by atoms with Crippen molar-refractivity contribution < 1.29 is 19.5 Å². The Balaban J connectivity index is 1.74. The fourth-order valence-electron chi connectivity index (χ4n) is 4.08. The fourth-order valence-corrected chi connectivity index (χ4v) is 4.24. The number of halogens is 1. The SMILES string of the molecule is O=C(O)C(=O)c1c(-c2ccc(Cl)c(NC(=O)C3CCCCC3)c2)[nH]c2ccccc12. The number of anilines is 1. The van der Waals surface area contributed by atoms with Gasteiger partial charge in [-0.2, -0.15) is 0 Å². The zero-order chi connectivity index (χ0) is 21.3. The molecule has 1 aliphatic carbocycles. The van der Waals surface area contributed by atoms with Gasteiger partial charge in [0, 0.05) is 22.4 Å². The van der Waals surface area contributed by atoms with Crippen LogP contribution in [-0.2, 0) is 9.59 Å². The predicted molar refractivity (Wildman–Crippen MR) is 116 cm³/mol. The number of rotatable bonds is 5. The highest BCUT2D eigenvalue weighted by Crippen LogP contribution is 2.35. The quantitative estimate of drug-likeness (QED) is 0.383. The van der Waals surface area contributed by atoms with E-state index >= 15 is 0 Å². The van der Waals surface area contributed by atoms with E-state index in [-0.39, 0.29) is 17.4 Å². The topological polar surface area (TPSA) is 99.3 Å². The Kier molecular flexibility index (Phi) is 5.59. The lowest BCUT2D eigenvalue weighted by Crippen LogP contribution is -2.24. The minimum absolute atomic E-state index is 0.0318. The maximum Gasteiger partial charge on any atom is 0.377 e. The van der Waals surface area contributed by atoms with Crippen LogP contribution in [-0.4, -0.2) is 27.8 Å². The van der Waals surface area contributed by atoms with E-state index in [0.717, 1.165) is 32.1 Å². The number of carbonyl (C=O) groups is 3. The largest absolute Gasteiger partial charge is 0.475 e. The van der Waals surface area contributed by atoms with E-state index in [1.807, 2.05) is 0 Å². The maximum atomic E-state index is 12.7. The molecule has 3 aromatic rings. The zero-order valence-electron chi connectivity index (χ0n) is 16.2. The fraction of sp³-hybridized carbons (Fsp3) is 0.261. The summed E-state index contributed by atoms with van der Waals surface area (Å²) in [7, 11) is 0. The van der Waals surface area contributed by atoms with Crippen LogP contribution >= 0.6 is 11.6 Å². The van der Waals surface area contributed by atoms with Crippen molar-refractivity contribution in [2.45, 2.75) is 32.1 Å². The Morgan fingerprint density at radius 1 is 1.03 bits per heavy atom. The molecule has 0 radical (unpaired) electrons. The number of aromatic nitrogens is 1. The van der Waals surface area contributed by atoms with E-state index in [4.69, 9.17) is 11.6 Å². The number of fused-ring (bicyclic) bond motifs is 1. The third-order valence-corrected chi connectivity index (χ3v) is 5.95. The molecular weight excluding hydrogens is 404 g/mol. The number of amides is 1. The Labute approximate surface area is 178 Å². The molecule has 1 heterocycles. The third-order valence-electron chi connectivity index (χ3n) is 5.62. The predicted octanol–water partition coefficient (Wildman–Crippen LogP) is 5.27. The second-order valence-electron chi connectivity index (χ2n) is 7.57. The molecule has 0 spiro atoms. The van der Waals surface area contributed by atoms with Crippen molar-refractivity contribution in [2.24, 2.45) is 5.92 Å². The lowest BCUT2D eigenvalue weighted by Gasteiger charge is -2.21. The Bertz CT molecular complexity index is 1150. The minimum atomic E-state index is -1.53. The number of para-hydroxylation sites is 1. The number of carboxylic acids is 1. The van der Waals surface area contributed by atoms with Crippen LogP contribution in [0, 0.1) is 5.92 Å².